The standard InChI is InChI=1S/C20H19ClN4O4S2/c1-3-9-25-16(11-29-15-7-5-4-6-14(15)21)23-24-20(25)31-12-17(26)22-18-13(8-10-30-18)19(27)28-2/h3-8,10H,1,9,11-12H2,2H3,(H,22,26). The third kappa shape index (κ3) is 5.87. The number of hydrogen-bond donors (Lipinski definition) is 1. The van der Waals surface area contributed by atoms with Crippen LogP contribution in [0.2, 0.25) is 5.02 Å². The number of allylic oxidation sites excluding steroid dienone is 1. The van der Waals surface area contributed by atoms with Gasteiger partial charge in [-0.2, -0.15) is 0 Å². The fraction of sp³-hybridized carbons (Fsp3) is 0.200. The predicted octanol–water partition coefficient (Wildman–Crippen LogP) is 4.28. The SMILES string of the molecule is C=CCn1c(COc2ccccc2Cl)nnc1SCC(=O)Nc1sccc1C(=O)OC. The van der Waals surface area contributed by atoms with Crippen LogP contribution in [0.5, 0.6) is 5.75 Å². The molecule has 8 nitrogen and oxygen atoms in total. The maximum Gasteiger partial charge on any atom is 0.340 e. The van der Waals surface area contributed by atoms with Gasteiger partial charge in [0.1, 0.15) is 17.4 Å². The van der Waals surface area contributed by atoms with E-state index in [1.165, 1.54) is 30.2 Å². The van der Waals surface area contributed by atoms with Gasteiger partial charge < -0.3 is 14.8 Å². The van der Waals surface area contributed by atoms with E-state index >= 15 is 0 Å². The highest BCUT2D eigenvalue weighted by Crippen LogP contribution is 2.26. The first-order chi connectivity index (χ1) is 15.0. The number of nitrogens with one attached hydrogen (secondary N) is 1. The molecule has 31 heavy (non-hydrogen) atoms. The smallest absolute Gasteiger partial charge is 0.340 e. The van der Waals surface area contributed by atoms with Gasteiger partial charge in [0.25, 0.3) is 0 Å². The minimum Gasteiger partial charge on any atom is -0.484 e. The van der Waals surface area contributed by atoms with Crippen LogP contribution in [0.1, 0.15) is 16.2 Å². The second-order valence-electron chi connectivity index (χ2n) is 6.01. The van der Waals surface area contributed by atoms with E-state index in [4.69, 9.17) is 21.1 Å². The van der Waals surface area contributed by atoms with Crippen LogP contribution in [0.4, 0.5) is 5.00 Å². The monoisotopic (exact) mass is 478 g/mol. The van der Waals surface area contributed by atoms with Gasteiger partial charge in [0.15, 0.2) is 11.0 Å². The lowest BCUT2D eigenvalue weighted by atomic mass is 10.3. The lowest BCUT2D eigenvalue weighted by Gasteiger charge is -2.10. The lowest BCUT2D eigenvalue weighted by molar-refractivity contribution is -0.113. The number of carbonyl (C=O) groups excluding carboxylic acids is 2. The molecular weight excluding hydrogens is 460 g/mol. The van der Waals surface area contributed by atoms with E-state index < -0.39 is 5.97 Å². The minimum absolute atomic E-state index is 0.0825. The van der Waals surface area contributed by atoms with Gasteiger partial charge in [-0.3, -0.25) is 9.36 Å². The van der Waals surface area contributed by atoms with Crippen molar-refractivity contribution in [2.45, 2.75) is 18.3 Å². The van der Waals surface area contributed by atoms with Crippen molar-refractivity contribution in [3.8, 4) is 5.75 Å². The molecule has 3 rings (SSSR count). The zero-order valence-electron chi connectivity index (χ0n) is 16.5. The van der Waals surface area contributed by atoms with E-state index in [0.717, 1.165) is 0 Å². The molecule has 1 aromatic carbocycles. The summed E-state index contributed by atoms with van der Waals surface area (Å²) < 4.78 is 12.3. The molecule has 0 atom stereocenters. The lowest BCUT2D eigenvalue weighted by Crippen LogP contribution is -2.16. The number of amides is 1. The summed E-state index contributed by atoms with van der Waals surface area (Å²) in [5.74, 6) is 0.425. The summed E-state index contributed by atoms with van der Waals surface area (Å²) in [6.45, 7) is 4.38. The molecule has 11 heteroatoms. The van der Waals surface area contributed by atoms with E-state index in [1.54, 1.807) is 29.7 Å². The van der Waals surface area contributed by atoms with Crippen molar-refractivity contribution in [1.29, 1.82) is 0 Å². The summed E-state index contributed by atoms with van der Waals surface area (Å²) in [7, 11) is 1.29. The fourth-order valence-electron chi connectivity index (χ4n) is 2.52. The average Bonchev–Trinajstić information content (AvgIpc) is 3.38. The highest BCUT2D eigenvalue weighted by molar-refractivity contribution is 7.99. The van der Waals surface area contributed by atoms with Crippen molar-refractivity contribution in [3.63, 3.8) is 0 Å². The van der Waals surface area contributed by atoms with Crippen LogP contribution in [-0.2, 0) is 22.7 Å². The van der Waals surface area contributed by atoms with E-state index in [0.29, 0.717) is 38.9 Å². The Hall–Kier alpha value is -2.82. The number of carbonyl (C=O) groups is 2. The van der Waals surface area contributed by atoms with Crippen LogP contribution >= 0.6 is 34.7 Å². The normalized spacial score (nSPS) is 10.5. The zero-order valence-corrected chi connectivity index (χ0v) is 18.9. The summed E-state index contributed by atoms with van der Waals surface area (Å²) in [5.41, 5.74) is 0.319. The molecule has 2 heterocycles. The largest absolute Gasteiger partial charge is 0.484 e. The van der Waals surface area contributed by atoms with Crippen LogP contribution in [0.15, 0.2) is 53.5 Å². The molecule has 0 aliphatic rings. The summed E-state index contributed by atoms with van der Waals surface area (Å²) >= 11 is 8.59. The van der Waals surface area contributed by atoms with Gasteiger partial charge in [0, 0.05) is 6.54 Å². The number of halogens is 1. The Morgan fingerprint density at radius 2 is 2.13 bits per heavy atom. The molecule has 0 fully saturated rings. The highest BCUT2D eigenvalue weighted by atomic mass is 35.5. The summed E-state index contributed by atoms with van der Waals surface area (Å²) in [6, 6.07) is 8.76. The molecule has 0 aliphatic carbocycles. The first kappa shape index (κ1) is 22.9. The number of methoxy groups -OCH3 is 1. The summed E-state index contributed by atoms with van der Waals surface area (Å²) in [6.07, 6.45) is 1.71. The van der Waals surface area contributed by atoms with Gasteiger partial charge in [0.2, 0.25) is 5.91 Å². The molecule has 0 saturated heterocycles. The minimum atomic E-state index is -0.502. The molecule has 0 radical (unpaired) electrons. The van der Waals surface area contributed by atoms with Gasteiger partial charge in [-0.05, 0) is 23.6 Å². The van der Waals surface area contributed by atoms with Gasteiger partial charge in [-0.25, -0.2) is 4.79 Å². The zero-order chi connectivity index (χ0) is 22.2. The van der Waals surface area contributed by atoms with Crippen molar-refractivity contribution in [2.24, 2.45) is 0 Å². The number of anilines is 1. The molecule has 0 saturated carbocycles. The number of nitrogens with zero attached hydrogens (tertiary/aromatic N) is 3. The Bertz CT molecular complexity index is 1080. The molecule has 0 unspecified atom stereocenters. The third-order valence-corrected chi connectivity index (χ3v) is 6.06. The van der Waals surface area contributed by atoms with E-state index in [9.17, 15) is 9.59 Å². The molecular formula is C20H19ClN4O4S2. The fourth-order valence-corrected chi connectivity index (χ4v) is 4.27. The van der Waals surface area contributed by atoms with Crippen molar-refractivity contribution in [2.75, 3.05) is 18.2 Å². The molecule has 1 amide bonds. The van der Waals surface area contributed by atoms with Gasteiger partial charge in [0.05, 0.1) is 23.4 Å². The number of thioether (sulfide) groups is 1. The third-order valence-electron chi connectivity index (χ3n) is 3.95. The molecule has 0 bridgehead atoms. The van der Waals surface area contributed by atoms with Crippen molar-refractivity contribution >= 4 is 51.6 Å². The number of para-hydroxylation sites is 1. The van der Waals surface area contributed by atoms with E-state index in [-0.39, 0.29) is 18.3 Å². The second-order valence-corrected chi connectivity index (χ2v) is 8.27. The van der Waals surface area contributed by atoms with Gasteiger partial charge in [-0.1, -0.05) is 41.6 Å². The number of benzene rings is 1. The molecule has 162 valence electrons. The maximum absolute atomic E-state index is 12.4. The average molecular weight is 479 g/mol. The van der Waals surface area contributed by atoms with Crippen LogP contribution in [0, 0.1) is 0 Å². The second kappa shape index (κ2) is 11.0. The predicted molar refractivity (Wildman–Crippen MR) is 121 cm³/mol. The quantitative estimate of drug-likeness (QED) is 0.264. The Kier molecular flexibility index (Phi) is 8.10. The number of thiophene rings is 1. The van der Waals surface area contributed by atoms with Crippen LogP contribution in [0.3, 0.4) is 0 Å². The first-order valence-electron chi connectivity index (χ1n) is 9.02. The number of hydrogen-bond acceptors (Lipinski definition) is 8. The molecule has 2 aromatic heterocycles. The van der Waals surface area contributed by atoms with E-state index in [2.05, 4.69) is 22.1 Å². The van der Waals surface area contributed by atoms with Crippen molar-refractivity contribution in [3.05, 3.63) is 64.8 Å². The van der Waals surface area contributed by atoms with Crippen LogP contribution < -0.4 is 10.1 Å². The highest BCUT2D eigenvalue weighted by Gasteiger charge is 2.18. The topological polar surface area (TPSA) is 95.3 Å². The Morgan fingerprint density at radius 3 is 2.87 bits per heavy atom. The van der Waals surface area contributed by atoms with E-state index in [1.807, 2.05) is 16.7 Å². The van der Waals surface area contributed by atoms with Gasteiger partial charge >= 0.3 is 5.97 Å². The Morgan fingerprint density at radius 1 is 1.32 bits per heavy atom. The maximum atomic E-state index is 12.4. The summed E-state index contributed by atoms with van der Waals surface area (Å²) in [5, 5.41) is 14.3. The first-order valence-corrected chi connectivity index (χ1v) is 11.3. The molecule has 0 spiro atoms. The molecule has 1 N–H and O–H groups in total. The molecule has 0 aliphatic heterocycles. The van der Waals surface area contributed by atoms with Crippen LogP contribution in [0.25, 0.3) is 0 Å². The van der Waals surface area contributed by atoms with Crippen molar-refractivity contribution in [1.82, 2.24) is 14.8 Å². The Balaban J connectivity index is 1.63. The molecule has 3 aromatic rings. The Labute approximate surface area is 192 Å². The number of aromatic nitrogens is 3. The van der Waals surface area contributed by atoms with Crippen LogP contribution in [-0.4, -0.2) is 39.5 Å². The number of rotatable bonds is 10. The summed E-state index contributed by atoms with van der Waals surface area (Å²) in [4.78, 5) is 24.1. The number of ether oxygens (including phenoxy) is 2. The van der Waals surface area contributed by atoms with Gasteiger partial charge in [-0.15, -0.1) is 28.1 Å². The number of esters is 1. The van der Waals surface area contributed by atoms with Crippen molar-refractivity contribution < 1.29 is 19.1 Å².